The van der Waals surface area contributed by atoms with Crippen LogP contribution in [0.1, 0.15) is 20.7 Å². The van der Waals surface area contributed by atoms with Gasteiger partial charge in [-0.05, 0) is 41.1 Å². The predicted octanol–water partition coefficient (Wildman–Crippen LogP) is 3.14. The third-order valence-corrected chi connectivity index (χ3v) is 3.84. The molecule has 3 aromatic carbocycles. The Morgan fingerprint density at radius 1 is 0.760 bits per heavy atom. The number of halogens is 1. The van der Waals surface area contributed by atoms with E-state index in [0.29, 0.717) is 17.7 Å². The summed E-state index contributed by atoms with van der Waals surface area (Å²) in [5.41, 5.74) is 0.977. The Kier molecular flexibility index (Phi) is 5.04. The summed E-state index contributed by atoms with van der Waals surface area (Å²) in [6.07, 6.45) is 0. The first-order chi connectivity index (χ1) is 12.1. The highest BCUT2D eigenvalue weighted by Crippen LogP contribution is 2.18. The molecule has 0 aliphatic rings. The molecule has 0 aromatic heterocycles. The van der Waals surface area contributed by atoms with E-state index in [-0.39, 0.29) is 24.2 Å². The average molecular weight is 336 g/mol. The van der Waals surface area contributed by atoms with Gasteiger partial charge < -0.3 is 10.6 Å². The second kappa shape index (κ2) is 7.57. The van der Waals surface area contributed by atoms with E-state index in [4.69, 9.17) is 0 Å². The zero-order valence-corrected chi connectivity index (χ0v) is 13.5. The Balaban J connectivity index is 1.54. The number of nitrogens with one attached hydrogen (secondary N) is 2. The molecular formula is C20H17FN2O2. The van der Waals surface area contributed by atoms with Gasteiger partial charge in [0, 0.05) is 24.2 Å². The largest absolute Gasteiger partial charge is 0.350 e. The summed E-state index contributed by atoms with van der Waals surface area (Å²) in [4.78, 5) is 24.2. The van der Waals surface area contributed by atoms with Crippen LogP contribution < -0.4 is 10.6 Å². The highest BCUT2D eigenvalue weighted by Gasteiger charge is 2.09. The lowest BCUT2D eigenvalue weighted by atomic mass is 10.0. The maximum Gasteiger partial charge on any atom is 0.251 e. The van der Waals surface area contributed by atoms with Crippen LogP contribution in [0.15, 0.2) is 66.7 Å². The fraction of sp³-hybridized carbons (Fsp3) is 0.100. The van der Waals surface area contributed by atoms with Crippen molar-refractivity contribution in [1.29, 1.82) is 0 Å². The lowest BCUT2D eigenvalue weighted by Gasteiger charge is -2.09. The Bertz CT molecular complexity index is 902. The molecule has 2 amide bonds. The van der Waals surface area contributed by atoms with Crippen molar-refractivity contribution in [3.63, 3.8) is 0 Å². The summed E-state index contributed by atoms with van der Waals surface area (Å²) < 4.78 is 12.8. The van der Waals surface area contributed by atoms with E-state index >= 15 is 0 Å². The first kappa shape index (κ1) is 16.6. The maximum atomic E-state index is 12.8. The summed E-state index contributed by atoms with van der Waals surface area (Å²) in [5.74, 6) is -0.883. The van der Waals surface area contributed by atoms with Crippen molar-refractivity contribution >= 4 is 22.6 Å². The van der Waals surface area contributed by atoms with Gasteiger partial charge >= 0.3 is 0 Å². The zero-order chi connectivity index (χ0) is 17.6. The summed E-state index contributed by atoms with van der Waals surface area (Å²) in [6.45, 7) is 0.585. The minimum absolute atomic E-state index is 0.187. The van der Waals surface area contributed by atoms with Gasteiger partial charge in [-0.3, -0.25) is 9.59 Å². The molecule has 0 saturated heterocycles. The normalized spacial score (nSPS) is 10.4. The second-order valence-corrected chi connectivity index (χ2v) is 5.55. The third kappa shape index (κ3) is 4.01. The van der Waals surface area contributed by atoms with E-state index in [1.54, 1.807) is 6.07 Å². The smallest absolute Gasteiger partial charge is 0.251 e. The van der Waals surface area contributed by atoms with Gasteiger partial charge in [-0.2, -0.15) is 0 Å². The third-order valence-electron chi connectivity index (χ3n) is 3.84. The zero-order valence-electron chi connectivity index (χ0n) is 13.5. The molecule has 0 aliphatic heterocycles. The van der Waals surface area contributed by atoms with Crippen molar-refractivity contribution in [2.45, 2.75) is 0 Å². The number of rotatable bonds is 5. The van der Waals surface area contributed by atoms with Crippen LogP contribution in [-0.4, -0.2) is 24.9 Å². The van der Waals surface area contributed by atoms with Crippen molar-refractivity contribution in [1.82, 2.24) is 10.6 Å². The lowest BCUT2D eigenvalue weighted by molar-refractivity contribution is 0.0928. The number of hydrogen-bond acceptors (Lipinski definition) is 2. The molecule has 2 N–H and O–H groups in total. The van der Waals surface area contributed by atoms with Gasteiger partial charge in [0.05, 0.1) is 0 Å². The monoisotopic (exact) mass is 336 g/mol. The molecule has 0 atom stereocenters. The lowest BCUT2D eigenvalue weighted by Crippen LogP contribution is -2.34. The summed E-state index contributed by atoms with van der Waals surface area (Å²) in [5, 5.41) is 7.37. The van der Waals surface area contributed by atoms with Crippen LogP contribution in [0.3, 0.4) is 0 Å². The molecular weight excluding hydrogens is 319 g/mol. The number of carbonyl (C=O) groups excluding carboxylic acids is 2. The van der Waals surface area contributed by atoms with Crippen LogP contribution in [0.4, 0.5) is 4.39 Å². The summed E-state index contributed by atoms with van der Waals surface area (Å²) in [6, 6.07) is 18.5. The topological polar surface area (TPSA) is 58.2 Å². The van der Waals surface area contributed by atoms with E-state index in [2.05, 4.69) is 10.6 Å². The van der Waals surface area contributed by atoms with Crippen LogP contribution in [0.5, 0.6) is 0 Å². The van der Waals surface area contributed by atoms with Gasteiger partial charge in [0.25, 0.3) is 11.8 Å². The molecule has 0 unspecified atom stereocenters. The van der Waals surface area contributed by atoms with Crippen LogP contribution >= 0.6 is 0 Å². The number of fused-ring (bicyclic) bond motifs is 1. The average Bonchev–Trinajstić information content (AvgIpc) is 2.65. The molecule has 3 rings (SSSR count). The molecule has 0 saturated carbocycles. The van der Waals surface area contributed by atoms with E-state index in [1.165, 1.54) is 24.3 Å². The van der Waals surface area contributed by atoms with Crippen molar-refractivity contribution < 1.29 is 14.0 Å². The number of carbonyl (C=O) groups is 2. The van der Waals surface area contributed by atoms with Gasteiger partial charge in [-0.25, -0.2) is 4.39 Å². The molecule has 3 aromatic rings. The van der Waals surface area contributed by atoms with E-state index in [9.17, 15) is 14.0 Å². The summed E-state index contributed by atoms with van der Waals surface area (Å²) in [7, 11) is 0. The minimum atomic E-state index is -0.390. The predicted molar refractivity (Wildman–Crippen MR) is 95.0 cm³/mol. The van der Waals surface area contributed by atoms with Gasteiger partial charge in [0.15, 0.2) is 0 Å². The van der Waals surface area contributed by atoms with Gasteiger partial charge in [0.2, 0.25) is 0 Å². The first-order valence-corrected chi connectivity index (χ1v) is 7.95. The van der Waals surface area contributed by atoms with Crippen molar-refractivity contribution in [2.75, 3.05) is 13.1 Å². The number of amides is 2. The molecule has 0 fully saturated rings. The molecule has 126 valence electrons. The van der Waals surface area contributed by atoms with Gasteiger partial charge in [0.1, 0.15) is 5.82 Å². The number of benzene rings is 3. The Morgan fingerprint density at radius 3 is 2.16 bits per heavy atom. The number of hydrogen-bond donors (Lipinski definition) is 2. The van der Waals surface area contributed by atoms with E-state index in [1.807, 2.05) is 36.4 Å². The van der Waals surface area contributed by atoms with Crippen LogP contribution in [0.25, 0.3) is 10.8 Å². The van der Waals surface area contributed by atoms with Crippen LogP contribution in [0, 0.1) is 5.82 Å². The fourth-order valence-electron chi connectivity index (χ4n) is 2.57. The SMILES string of the molecule is O=C(NCCNC(=O)c1cccc2ccccc12)c1ccc(F)cc1. The van der Waals surface area contributed by atoms with Crippen molar-refractivity contribution in [3.05, 3.63) is 83.7 Å². The molecule has 5 heteroatoms. The van der Waals surface area contributed by atoms with E-state index in [0.717, 1.165) is 10.8 Å². The quantitative estimate of drug-likeness (QED) is 0.703. The molecule has 0 heterocycles. The van der Waals surface area contributed by atoms with Gasteiger partial charge in [-0.1, -0.05) is 36.4 Å². The standard InChI is InChI=1S/C20H17FN2O2/c21-16-10-8-15(9-11-16)19(24)22-12-13-23-20(25)18-7-3-5-14-4-1-2-6-17(14)18/h1-11H,12-13H2,(H,22,24)(H,23,25). The highest BCUT2D eigenvalue weighted by atomic mass is 19.1. The van der Waals surface area contributed by atoms with Gasteiger partial charge in [-0.15, -0.1) is 0 Å². The first-order valence-electron chi connectivity index (χ1n) is 7.95. The van der Waals surface area contributed by atoms with Crippen LogP contribution in [0.2, 0.25) is 0 Å². The summed E-state index contributed by atoms with van der Waals surface area (Å²) >= 11 is 0. The van der Waals surface area contributed by atoms with Crippen molar-refractivity contribution in [2.24, 2.45) is 0 Å². The molecule has 4 nitrogen and oxygen atoms in total. The highest BCUT2D eigenvalue weighted by molar-refractivity contribution is 6.07. The van der Waals surface area contributed by atoms with E-state index < -0.39 is 0 Å². The molecule has 0 spiro atoms. The Hall–Kier alpha value is -3.21. The van der Waals surface area contributed by atoms with Crippen molar-refractivity contribution in [3.8, 4) is 0 Å². The second-order valence-electron chi connectivity index (χ2n) is 5.55. The fourth-order valence-corrected chi connectivity index (χ4v) is 2.57. The molecule has 0 radical (unpaired) electrons. The molecule has 0 bridgehead atoms. The Morgan fingerprint density at radius 2 is 1.40 bits per heavy atom. The Labute approximate surface area is 144 Å². The molecule has 25 heavy (non-hydrogen) atoms. The maximum absolute atomic E-state index is 12.8. The minimum Gasteiger partial charge on any atom is -0.350 e. The molecule has 0 aliphatic carbocycles. The van der Waals surface area contributed by atoms with Crippen LogP contribution in [-0.2, 0) is 0 Å².